The summed E-state index contributed by atoms with van der Waals surface area (Å²) in [6.45, 7) is 4.26. The van der Waals surface area contributed by atoms with E-state index in [0.29, 0.717) is 16.4 Å². The van der Waals surface area contributed by atoms with Crippen LogP contribution in [-0.4, -0.2) is 24.3 Å². The molecule has 8 heteroatoms. The Balaban J connectivity index is 1.80. The van der Waals surface area contributed by atoms with Crippen LogP contribution in [0, 0.1) is 18.3 Å². The Morgan fingerprint density at radius 2 is 2.06 bits per heavy atom. The van der Waals surface area contributed by atoms with E-state index in [0.717, 1.165) is 40.8 Å². The number of nitriles is 1. The average molecular weight is 423 g/mol. The molecule has 0 saturated carbocycles. The molecule has 1 aliphatic rings. The molecular formula is C24H21N7O. The summed E-state index contributed by atoms with van der Waals surface area (Å²) in [6, 6.07) is 9.92. The number of allylic oxidation sites excluding steroid dienone is 4. The van der Waals surface area contributed by atoms with Crippen molar-refractivity contribution in [1.82, 2.24) is 24.3 Å². The van der Waals surface area contributed by atoms with E-state index in [1.165, 1.54) is 6.33 Å². The van der Waals surface area contributed by atoms with Gasteiger partial charge in [0, 0.05) is 11.4 Å². The molecule has 1 aliphatic carbocycles. The number of fused-ring (bicyclic) bond motifs is 2. The molecule has 0 saturated heterocycles. The van der Waals surface area contributed by atoms with Gasteiger partial charge in [0.2, 0.25) is 0 Å². The lowest BCUT2D eigenvalue weighted by molar-refractivity contribution is 0.669. The lowest BCUT2D eigenvalue weighted by atomic mass is 10.0. The van der Waals surface area contributed by atoms with Gasteiger partial charge in [0.25, 0.3) is 5.56 Å². The molecule has 3 aromatic heterocycles. The number of nitrogens with two attached hydrogens (primary N) is 1. The quantitative estimate of drug-likeness (QED) is 0.539. The number of anilines is 1. The Bertz CT molecular complexity index is 1560. The first-order valence-electron chi connectivity index (χ1n) is 10.4. The number of nitrogen functional groups attached to an aromatic ring is 1. The number of benzene rings is 1. The van der Waals surface area contributed by atoms with E-state index in [2.05, 4.69) is 34.1 Å². The van der Waals surface area contributed by atoms with Crippen LogP contribution < -0.4 is 11.3 Å². The molecule has 0 amide bonds. The van der Waals surface area contributed by atoms with Crippen molar-refractivity contribution >= 4 is 33.3 Å². The molecular weight excluding hydrogens is 402 g/mol. The van der Waals surface area contributed by atoms with E-state index in [9.17, 15) is 10.1 Å². The van der Waals surface area contributed by atoms with E-state index < -0.39 is 0 Å². The molecule has 3 heterocycles. The van der Waals surface area contributed by atoms with Crippen molar-refractivity contribution in [2.45, 2.75) is 33.2 Å². The van der Waals surface area contributed by atoms with Gasteiger partial charge in [0.1, 0.15) is 18.2 Å². The first-order valence-corrected chi connectivity index (χ1v) is 10.4. The van der Waals surface area contributed by atoms with Crippen LogP contribution in [0.15, 0.2) is 53.1 Å². The second-order valence-electron chi connectivity index (χ2n) is 8.00. The van der Waals surface area contributed by atoms with Gasteiger partial charge in [-0.1, -0.05) is 24.3 Å². The van der Waals surface area contributed by atoms with Gasteiger partial charge in [-0.3, -0.25) is 9.36 Å². The standard InChI is InChI=1S/C24H21N7O/c1-14-6-3-4-9-19(14)31-17(10-16-8-5-7-15(2)20(16)24(31)32)12-30-23-21(18(11-25)29-30)22(26)27-13-28-23/h4-5,7-10,13H,3,6,12H2,1-2H3,(H2,26,27,28). The topological polar surface area (TPSA) is 115 Å². The van der Waals surface area contributed by atoms with Crippen molar-refractivity contribution in [2.24, 2.45) is 0 Å². The monoisotopic (exact) mass is 423 g/mol. The summed E-state index contributed by atoms with van der Waals surface area (Å²) in [5.41, 5.74) is 10.3. The normalized spacial score (nSPS) is 13.8. The van der Waals surface area contributed by atoms with E-state index in [4.69, 9.17) is 5.73 Å². The molecule has 32 heavy (non-hydrogen) atoms. The van der Waals surface area contributed by atoms with E-state index >= 15 is 0 Å². The molecule has 158 valence electrons. The van der Waals surface area contributed by atoms with Gasteiger partial charge < -0.3 is 5.73 Å². The second-order valence-corrected chi connectivity index (χ2v) is 8.00. The Morgan fingerprint density at radius 1 is 1.22 bits per heavy atom. The fourth-order valence-corrected chi connectivity index (χ4v) is 4.37. The lowest BCUT2D eigenvalue weighted by Crippen LogP contribution is -2.26. The maximum Gasteiger partial charge on any atom is 0.263 e. The molecule has 1 aromatic carbocycles. The number of pyridine rings is 1. The summed E-state index contributed by atoms with van der Waals surface area (Å²) in [7, 11) is 0. The smallest absolute Gasteiger partial charge is 0.263 e. The third-order valence-corrected chi connectivity index (χ3v) is 5.95. The Kier molecular flexibility index (Phi) is 4.59. The molecule has 8 nitrogen and oxygen atoms in total. The van der Waals surface area contributed by atoms with Crippen LogP contribution in [0.3, 0.4) is 0 Å². The summed E-state index contributed by atoms with van der Waals surface area (Å²) < 4.78 is 3.38. The molecule has 0 spiro atoms. The van der Waals surface area contributed by atoms with Gasteiger partial charge in [-0.05, 0) is 55.4 Å². The summed E-state index contributed by atoms with van der Waals surface area (Å²) >= 11 is 0. The summed E-state index contributed by atoms with van der Waals surface area (Å²) in [6.07, 6.45) is 7.31. The third kappa shape index (κ3) is 2.98. The summed E-state index contributed by atoms with van der Waals surface area (Å²) in [4.78, 5) is 22.1. The Morgan fingerprint density at radius 3 is 2.84 bits per heavy atom. The highest BCUT2D eigenvalue weighted by Gasteiger charge is 2.20. The molecule has 5 rings (SSSR count). The van der Waals surface area contributed by atoms with Crippen LogP contribution >= 0.6 is 0 Å². The number of aromatic nitrogens is 5. The molecule has 0 fully saturated rings. The van der Waals surface area contributed by atoms with Gasteiger partial charge in [-0.2, -0.15) is 10.4 Å². The molecule has 0 radical (unpaired) electrons. The maximum atomic E-state index is 13.8. The van der Waals surface area contributed by atoms with Gasteiger partial charge in [0.15, 0.2) is 11.3 Å². The van der Waals surface area contributed by atoms with Crippen LogP contribution in [-0.2, 0) is 6.54 Å². The highest BCUT2D eigenvalue weighted by molar-refractivity contribution is 5.90. The van der Waals surface area contributed by atoms with Crippen molar-refractivity contribution in [1.29, 1.82) is 5.26 Å². The van der Waals surface area contributed by atoms with E-state index in [1.54, 1.807) is 9.25 Å². The SMILES string of the molecule is CC1=C(n2c(Cn3nc(C#N)c4c(N)ncnc43)cc3cccc(C)c3c2=O)C=CCC1. The van der Waals surface area contributed by atoms with Crippen LogP contribution in [0.5, 0.6) is 0 Å². The number of rotatable bonds is 3. The number of hydrogen-bond acceptors (Lipinski definition) is 6. The molecule has 0 bridgehead atoms. The van der Waals surface area contributed by atoms with Crippen LogP contribution in [0.2, 0.25) is 0 Å². The summed E-state index contributed by atoms with van der Waals surface area (Å²) in [5.74, 6) is 0.207. The van der Waals surface area contributed by atoms with E-state index in [1.807, 2.05) is 37.3 Å². The number of hydrogen-bond donors (Lipinski definition) is 1. The average Bonchev–Trinajstić information content (AvgIpc) is 3.14. The summed E-state index contributed by atoms with van der Waals surface area (Å²) in [5, 5.41) is 15.9. The van der Waals surface area contributed by atoms with Crippen molar-refractivity contribution in [2.75, 3.05) is 5.73 Å². The highest BCUT2D eigenvalue weighted by Crippen LogP contribution is 2.27. The van der Waals surface area contributed by atoms with Crippen LogP contribution in [0.1, 0.15) is 36.7 Å². The van der Waals surface area contributed by atoms with Gasteiger partial charge in [-0.15, -0.1) is 0 Å². The molecule has 0 atom stereocenters. The lowest BCUT2D eigenvalue weighted by Gasteiger charge is -2.20. The van der Waals surface area contributed by atoms with Crippen molar-refractivity contribution < 1.29 is 0 Å². The second kappa shape index (κ2) is 7.46. The Labute approximate surface area is 183 Å². The van der Waals surface area contributed by atoms with Crippen LogP contribution in [0.25, 0.3) is 27.5 Å². The fraction of sp³-hybridized carbons (Fsp3) is 0.208. The molecule has 4 aromatic rings. The maximum absolute atomic E-state index is 13.8. The zero-order valence-corrected chi connectivity index (χ0v) is 17.8. The van der Waals surface area contributed by atoms with Crippen LogP contribution in [0.4, 0.5) is 5.82 Å². The predicted octanol–water partition coefficient (Wildman–Crippen LogP) is 3.53. The predicted molar refractivity (Wildman–Crippen MR) is 124 cm³/mol. The fourth-order valence-electron chi connectivity index (χ4n) is 4.37. The first kappa shape index (κ1) is 19.7. The van der Waals surface area contributed by atoms with Gasteiger partial charge >= 0.3 is 0 Å². The van der Waals surface area contributed by atoms with Crippen molar-refractivity contribution in [3.63, 3.8) is 0 Å². The largest absolute Gasteiger partial charge is 0.383 e. The van der Waals surface area contributed by atoms with Gasteiger partial charge in [0.05, 0.1) is 17.3 Å². The zero-order valence-electron chi connectivity index (χ0n) is 17.8. The number of aryl methyl sites for hydroxylation is 1. The Hall–Kier alpha value is -4.25. The third-order valence-electron chi connectivity index (χ3n) is 5.95. The minimum absolute atomic E-state index is 0.0670. The molecule has 2 N–H and O–H groups in total. The first-order chi connectivity index (χ1) is 15.5. The highest BCUT2D eigenvalue weighted by atomic mass is 16.1. The van der Waals surface area contributed by atoms with E-state index in [-0.39, 0.29) is 23.6 Å². The minimum Gasteiger partial charge on any atom is -0.383 e. The molecule has 0 aliphatic heterocycles. The molecule has 0 unspecified atom stereocenters. The van der Waals surface area contributed by atoms with Crippen molar-refractivity contribution in [3.05, 3.63) is 75.6 Å². The number of nitrogens with zero attached hydrogens (tertiary/aromatic N) is 6. The zero-order chi connectivity index (χ0) is 22.4. The van der Waals surface area contributed by atoms with Gasteiger partial charge in [-0.25, -0.2) is 14.6 Å². The minimum atomic E-state index is -0.0670. The van der Waals surface area contributed by atoms with Crippen molar-refractivity contribution in [3.8, 4) is 6.07 Å².